The highest BCUT2D eigenvalue weighted by Gasteiger charge is 2.06. The molecule has 0 amide bonds. The van der Waals surface area contributed by atoms with Gasteiger partial charge in [0.2, 0.25) is 0 Å². The van der Waals surface area contributed by atoms with Crippen LogP contribution in [0.3, 0.4) is 0 Å². The highest BCUT2D eigenvalue weighted by molar-refractivity contribution is 5.56. The quantitative estimate of drug-likeness (QED) is 0.595. The van der Waals surface area contributed by atoms with Crippen LogP contribution in [0.2, 0.25) is 0 Å². The molecule has 2 N–H and O–H groups in total. The fraction of sp³-hybridized carbons (Fsp3) is 0.538. The summed E-state index contributed by atoms with van der Waals surface area (Å²) in [6, 6.07) is 3.88. The van der Waals surface area contributed by atoms with Crippen molar-refractivity contribution >= 4 is 5.69 Å². The van der Waals surface area contributed by atoms with Gasteiger partial charge in [-0.1, -0.05) is 13.0 Å². The second kappa shape index (κ2) is 6.38. The van der Waals surface area contributed by atoms with Gasteiger partial charge < -0.3 is 15.2 Å². The fourth-order valence-electron chi connectivity index (χ4n) is 1.51. The number of aryl methyl sites for hydroxylation is 1. The molecule has 16 heavy (non-hydrogen) atoms. The van der Waals surface area contributed by atoms with Crippen LogP contribution >= 0.6 is 0 Å². The molecule has 1 aromatic carbocycles. The maximum atomic E-state index is 5.83. The van der Waals surface area contributed by atoms with Crippen molar-refractivity contribution in [2.75, 3.05) is 25.6 Å². The van der Waals surface area contributed by atoms with Crippen molar-refractivity contribution in [2.24, 2.45) is 0 Å². The van der Waals surface area contributed by atoms with E-state index < -0.39 is 0 Å². The predicted molar refractivity (Wildman–Crippen MR) is 66.9 cm³/mol. The van der Waals surface area contributed by atoms with Crippen LogP contribution in [0.5, 0.6) is 5.75 Å². The van der Waals surface area contributed by atoms with Gasteiger partial charge in [0.25, 0.3) is 0 Å². The molecule has 0 saturated heterocycles. The van der Waals surface area contributed by atoms with Crippen LogP contribution < -0.4 is 10.5 Å². The molecule has 1 aromatic rings. The minimum absolute atomic E-state index is 0.575. The number of anilines is 1. The van der Waals surface area contributed by atoms with E-state index in [1.165, 1.54) is 0 Å². The summed E-state index contributed by atoms with van der Waals surface area (Å²) in [5.74, 6) is 0.889. The van der Waals surface area contributed by atoms with Crippen molar-refractivity contribution in [2.45, 2.75) is 27.2 Å². The van der Waals surface area contributed by atoms with E-state index in [1.807, 2.05) is 26.0 Å². The van der Waals surface area contributed by atoms with Crippen molar-refractivity contribution in [3.05, 3.63) is 23.3 Å². The second-order valence-electron chi connectivity index (χ2n) is 3.89. The number of ether oxygens (including phenoxy) is 2. The van der Waals surface area contributed by atoms with E-state index in [4.69, 9.17) is 15.2 Å². The van der Waals surface area contributed by atoms with E-state index in [1.54, 1.807) is 0 Å². The molecule has 0 aliphatic rings. The van der Waals surface area contributed by atoms with Gasteiger partial charge in [-0.05, 0) is 31.9 Å². The normalized spacial score (nSPS) is 10.4. The molecule has 0 heterocycles. The average molecular weight is 223 g/mol. The molecule has 0 spiro atoms. The number of benzene rings is 1. The van der Waals surface area contributed by atoms with Crippen LogP contribution in [0, 0.1) is 13.8 Å². The Morgan fingerprint density at radius 2 is 1.88 bits per heavy atom. The smallest absolute Gasteiger partial charge is 0.127 e. The molecule has 3 heteroatoms. The van der Waals surface area contributed by atoms with E-state index in [0.29, 0.717) is 13.2 Å². The van der Waals surface area contributed by atoms with Crippen LogP contribution in [0.1, 0.15) is 24.5 Å². The number of rotatable bonds is 6. The SMILES string of the molecule is CCCOCCOc1c(C)ccc(N)c1C. The lowest BCUT2D eigenvalue weighted by Gasteiger charge is -2.13. The van der Waals surface area contributed by atoms with Crippen molar-refractivity contribution in [1.82, 2.24) is 0 Å². The third-order valence-electron chi connectivity index (χ3n) is 2.47. The first-order valence-electron chi connectivity index (χ1n) is 5.73. The van der Waals surface area contributed by atoms with Gasteiger partial charge in [0.1, 0.15) is 12.4 Å². The van der Waals surface area contributed by atoms with E-state index in [-0.39, 0.29) is 0 Å². The Labute approximate surface area is 97.6 Å². The summed E-state index contributed by atoms with van der Waals surface area (Å²) in [6.45, 7) is 8.08. The summed E-state index contributed by atoms with van der Waals surface area (Å²) < 4.78 is 11.0. The first-order valence-corrected chi connectivity index (χ1v) is 5.73. The van der Waals surface area contributed by atoms with Crippen LogP contribution in [-0.2, 0) is 4.74 Å². The Morgan fingerprint density at radius 1 is 1.12 bits per heavy atom. The number of hydrogen-bond donors (Lipinski definition) is 1. The third kappa shape index (κ3) is 3.42. The lowest BCUT2D eigenvalue weighted by Crippen LogP contribution is -2.09. The van der Waals surface area contributed by atoms with Crippen LogP contribution in [0.15, 0.2) is 12.1 Å². The zero-order valence-corrected chi connectivity index (χ0v) is 10.4. The number of hydrogen-bond acceptors (Lipinski definition) is 3. The van der Waals surface area contributed by atoms with Crippen molar-refractivity contribution in [3.63, 3.8) is 0 Å². The van der Waals surface area contributed by atoms with Gasteiger partial charge >= 0.3 is 0 Å². The molecule has 3 nitrogen and oxygen atoms in total. The maximum Gasteiger partial charge on any atom is 0.127 e. The monoisotopic (exact) mass is 223 g/mol. The van der Waals surface area contributed by atoms with E-state index in [2.05, 4.69) is 6.92 Å². The first-order chi connectivity index (χ1) is 7.66. The predicted octanol–water partition coefficient (Wildman–Crippen LogP) is 2.69. The Bertz CT molecular complexity index is 337. The summed E-state index contributed by atoms with van der Waals surface area (Å²) in [5.41, 5.74) is 8.73. The van der Waals surface area contributed by atoms with E-state index in [0.717, 1.165) is 35.6 Å². The molecular formula is C13H21NO2. The molecule has 0 aromatic heterocycles. The molecule has 0 aliphatic heterocycles. The lowest BCUT2D eigenvalue weighted by molar-refractivity contribution is 0.100. The van der Waals surface area contributed by atoms with Gasteiger partial charge in [-0.15, -0.1) is 0 Å². The Morgan fingerprint density at radius 3 is 2.56 bits per heavy atom. The standard InChI is InChI=1S/C13H21NO2/c1-4-7-15-8-9-16-13-10(2)5-6-12(14)11(13)3/h5-6H,4,7-9,14H2,1-3H3. The van der Waals surface area contributed by atoms with Crippen LogP contribution in [-0.4, -0.2) is 19.8 Å². The fourth-order valence-corrected chi connectivity index (χ4v) is 1.51. The minimum atomic E-state index is 0.575. The zero-order valence-electron chi connectivity index (χ0n) is 10.4. The van der Waals surface area contributed by atoms with Crippen molar-refractivity contribution in [3.8, 4) is 5.75 Å². The summed E-state index contributed by atoms with van der Waals surface area (Å²) >= 11 is 0. The molecule has 0 aliphatic carbocycles. The summed E-state index contributed by atoms with van der Waals surface area (Å²) in [5, 5.41) is 0. The first kappa shape index (κ1) is 12.8. The largest absolute Gasteiger partial charge is 0.491 e. The van der Waals surface area contributed by atoms with Gasteiger partial charge in [0.15, 0.2) is 0 Å². The Hall–Kier alpha value is -1.22. The summed E-state index contributed by atoms with van der Waals surface area (Å²) in [7, 11) is 0. The molecule has 0 saturated carbocycles. The molecule has 0 bridgehead atoms. The highest BCUT2D eigenvalue weighted by atomic mass is 16.5. The lowest BCUT2D eigenvalue weighted by atomic mass is 10.1. The van der Waals surface area contributed by atoms with Crippen molar-refractivity contribution in [1.29, 1.82) is 0 Å². The molecule has 0 unspecified atom stereocenters. The molecule has 1 rings (SSSR count). The van der Waals surface area contributed by atoms with Gasteiger partial charge in [-0.25, -0.2) is 0 Å². The summed E-state index contributed by atoms with van der Waals surface area (Å²) in [6.07, 6.45) is 1.04. The zero-order chi connectivity index (χ0) is 12.0. The van der Waals surface area contributed by atoms with E-state index >= 15 is 0 Å². The van der Waals surface area contributed by atoms with Gasteiger partial charge in [-0.3, -0.25) is 0 Å². The van der Waals surface area contributed by atoms with Crippen LogP contribution in [0.25, 0.3) is 0 Å². The number of nitrogen functional groups attached to an aromatic ring is 1. The highest BCUT2D eigenvalue weighted by Crippen LogP contribution is 2.27. The molecule has 0 radical (unpaired) electrons. The molecule has 0 fully saturated rings. The van der Waals surface area contributed by atoms with E-state index in [9.17, 15) is 0 Å². The average Bonchev–Trinajstić information content (AvgIpc) is 2.28. The van der Waals surface area contributed by atoms with Gasteiger partial charge in [-0.2, -0.15) is 0 Å². The Balaban J connectivity index is 2.50. The molecule has 0 atom stereocenters. The second-order valence-corrected chi connectivity index (χ2v) is 3.89. The van der Waals surface area contributed by atoms with Crippen LogP contribution in [0.4, 0.5) is 5.69 Å². The van der Waals surface area contributed by atoms with Gasteiger partial charge in [0.05, 0.1) is 6.61 Å². The Kier molecular flexibility index (Phi) is 5.12. The minimum Gasteiger partial charge on any atom is -0.491 e. The topological polar surface area (TPSA) is 44.5 Å². The maximum absolute atomic E-state index is 5.83. The van der Waals surface area contributed by atoms with Crippen molar-refractivity contribution < 1.29 is 9.47 Å². The summed E-state index contributed by atoms with van der Waals surface area (Å²) in [4.78, 5) is 0. The molecule has 90 valence electrons. The third-order valence-corrected chi connectivity index (χ3v) is 2.47. The molecular weight excluding hydrogens is 202 g/mol. The number of nitrogens with two attached hydrogens (primary N) is 1. The van der Waals surface area contributed by atoms with Gasteiger partial charge in [0, 0.05) is 17.9 Å².